The summed E-state index contributed by atoms with van der Waals surface area (Å²) in [4.78, 5) is 23.9. The lowest BCUT2D eigenvalue weighted by Gasteiger charge is -2.09. The average molecular weight is 441 g/mol. The van der Waals surface area contributed by atoms with Crippen LogP contribution < -0.4 is 16.4 Å². The van der Waals surface area contributed by atoms with Gasteiger partial charge < -0.3 is 16.4 Å². The predicted octanol–water partition coefficient (Wildman–Crippen LogP) is 3.65. The third-order valence-electron chi connectivity index (χ3n) is 4.34. The second kappa shape index (κ2) is 7.43. The lowest BCUT2D eigenvalue weighted by Crippen LogP contribution is -2.19. The Labute approximate surface area is 169 Å². The number of primary amides is 1. The zero-order valence-electron chi connectivity index (χ0n) is 14.7. The number of benzene rings is 2. The number of hydrogen-bond donors (Lipinski definition) is 3. The molecule has 1 saturated carbocycles. The Balaban J connectivity index is 1.61. The topological polar surface area (TPSA) is 115 Å². The van der Waals surface area contributed by atoms with Gasteiger partial charge in [0.1, 0.15) is 0 Å². The highest BCUT2D eigenvalue weighted by Crippen LogP contribution is 2.42. The molecule has 4 rings (SSSR count). The van der Waals surface area contributed by atoms with E-state index in [0.717, 1.165) is 28.7 Å². The Morgan fingerprint density at radius 1 is 1.07 bits per heavy atom. The molecule has 1 aromatic heterocycles. The van der Waals surface area contributed by atoms with Gasteiger partial charge in [0.2, 0.25) is 0 Å². The van der Waals surface area contributed by atoms with E-state index < -0.39 is 6.03 Å². The minimum Gasteiger partial charge on any atom is -0.351 e. The molecular formula is C19H17BrN6O2. The van der Waals surface area contributed by atoms with Crippen molar-refractivity contribution >= 4 is 39.2 Å². The minimum absolute atomic E-state index is 0.266. The fourth-order valence-corrected chi connectivity index (χ4v) is 3.22. The van der Waals surface area contributed by atoms with Crippen LogP contribution in [0.25, 0.3) is 5.69 Å². The Morgan fingerprint density at radius 3 is 2.39 bits per heavy atom. The molecular weight excluding hydrogens is 424 g/mol. The van der Waals surface area contributed by atoms with Gasteiger partial charge in [0.15, 0.2) is 5.69 Å². The summed E-state index contributed by atoms with van der Waals surface area (Å²) in [5, 5.41) is 13.7. The molecule has 0 saturated heterocycles. The lowest BCUT2D eigenvalue weighted by atomic mass is 10.2. The van der Waals surface area contributed by atoms with Crippen molar-refractivity contribution in [3.63, 3.8) is 0 Å². The van der Waals surface area contributed by atoms with Crippen LogP contribution in [-0.4, -0.2) is 26.9 Å². The molecule has 1 heterocycles. The van der Waals surface area contributed by atoms with Crippen molar-refractivity contribution in [3.05, 3.63) is 64.4 Å². The molecule has 0 atom stereocenters. The molecule has 0 spiro atoms. The molecule has 0 unspecified atom stereocenters. The van der Waals surface area contributed by atoms with E-state index in [-0.39, 0.29) is 11.8 Å². The van der Waals surface area contributed by atoms with Crippen molar-refractivity contribution < 1.29 is 9.59 Å². The fourth-order valence-electron chi connectivity index (χ4n) is 2.95. The minimum atomic E-state index is -0.670. The highest BCUT2D eigenvalue weighted by atomic mass is 79.9. The third kappa shape index (κ3) is 3.89. The van der Waals surface area contributed by atoms with E-state index in [1.165, 1.54) is 0 Å². The first-order valence-corrected chi connectivity index (χ1v) is 9.50. The summed E-state index contributed by atoms with van der Waals surface area (Å²) >= 11 is 3.42. The number of amides is 3. The first kappa shape index (κ1) is 18.2. The van der Waals surface area contributed by atoms with Crippen molar-refractivity contribution in [1.29, 1.82) is 0 Å². The number of aromatic nitrogens is 3. The van der Waals surface area contributed by atoms with Gasteiger partial charge in [-0.2, -0.15) is 0 Å². The van der Waals surface area contributed by atoms with E-state index in [1.54, 1.807) is 28.9 Å². The summed E-state index contributed by atoms with van der Waals surface area (Å²) in [6, 6.07) is 13.8. The number of halogens is 1. The zero-order valence-corrected chi connectivity index (χ0v) is 16.3. The number of nitrogens with one attached hydrogen (secondary N) is 2. The van der Waals surface area contributed by atoms with Crippen molar-refractivity contribution in [2.45, 2.75) is 18.8 Å². The monoisotopic (exact) mass is 440 g/mol. The summed E-state index contributed by atoms with van der Waals surface area (Å²) in [6.07, 6.45) is 2.00. The maximum Gasteiger partial charge on any atom is 0.316 e. The molecule has 3 aromatic rings. The Kier molecular flexibility index (Phi) is 4.82. The molecule has 142 valence electrons. The summed E-state index contributed by atoms with van der Waals surface area (Å²) < 4.78 is 2.69. The molecule has 4 N–H and O–H groups in total. The Morgan fingerprint density at radius 2 is 1.75 bits per heavy atom. The van der Waals surface area contributed by atoms with Gasteiger partial charge in [-0.05, 0) is 55.3 Å². The van der Waals surface area contributed by atoms with Crippen LogP contribution in [0, 0.1) is 0 Å². The van der Waals surface area contributed by atoms with E-state index in [4.69, 9.17) is 5.73 Å². The number of rotatable bonds is 5. The van der Waals surface area contributed by atoms with Crippen LogP contribution in [0.1, 0.15) is 34.9 Å². The quantitative estimate of drug-likeness (QED) is 0.561. The molecule has 0 bridgehead atoms. The summed E-state index contributed by atoms with van der Waals surface area (Å²) in [5.41, 5.74) is 8.12. The first-order chi connectivity index (χ1) is 13.5. The SMILES string of the molecule is NC(=O)Nc1cccc(NC(=O)c2nnn(-c3ccc(Br)cc3)c2C2CC2)c1. The number of urea groups is 1. The molecule has 0 radical (unpaired) electrons. The molecule has 2 aromatic carbocycles. The lowest BCUT2D eigenvalue weighted by molar-refractivity contribution is 0.102. The number of carbonyl (C=O) groups is 2. The molecule has 8 nitrogen and oxygen atoms in total. The highest BCUT2D eigenvalue weighted by molar-refractivity contribution is 9.10. The van der Waals surface area contributed by atoms with E-state index in [1.807, 2.05) is 24.3 Å². The van der Waals surface area contributed by atoms with Gasteiger partial charge >= 0.3 is 6.03 Å². The first-order valence-electron chi connectivity index (χ1n) is 8.70. The van der Waals surface area contributed by atoms with Crippen LogP contribution in [0.3, 0.4) is 0 Å². The van der Waals surface area contributed by atoms with Crippen molar-refractivity contribution in [2.24, 2.45) is 5.73 Å². The molecule has 0 aliphatic heterocycles. The normalized spacial score (nSPS) is 13.2. The van der Waals surface area contributed by atoms with E-state index in [9.17, 15) is 9.59 Å². The number of nitrogens with two attached hydrogens (primary N) is 1. The number of hydrogen-bond acceptors (Lipinski definition) is 4. The molecule has 9 heteroatoms. The van der Waals surface area contributed by atoms with Gasteiger partial charge in [-0.25, -0.2) is 9.48 Å². The van der Waals surface area contributed by atoms with Gasteiger partial charge in [0.25, 0.3) is 5.91 Å². The second-order valence-electron chi connectivity index (χ2n) is 6.51. The van der Waals surface area contributed by atoms with E-state index in [0.29, 0.717) is 17.1 Å². The number of anilines is 2. The van der Waals surface area contributed by atoms with Crippen LogP contribution in [0.2, 0.25) is 0 Å². The van der Waals surface area contributed by atoms with Crippen LogP contribution >= 0.6 is 15.9 Å². The molecule has 1 aliphatic carbocycles. The molecule has 1 fully saturated rings. The van der Waals surface area contributed by atoms with Crippen LogP contribution in [0.5, 0.6) is 0 Å². The van der Waals surface area contributed by atoms with Crippen LogP contribution in [-0.2, 0) is 0 Å². The molecule has 3 amide bonds. The molecule has 28 heavy (non-hydrogen) atoms. The summed E-state index contributed by atoms with van der Waals surface area (Å²) in [7, 11) is 0. The standard InChI is InChI=1S/C19H17BrN6O2/c20-12-6-8-15(9-7-12)26-17(11-4-5-11)16(24-25-26)18(27)22-13-2-1-3-14(10-13)23-19(21)28/h1-3,6-11H,4-5H2,(H,22,27)(H3,21,23,28). The fraction of sp³-hybridized carbons (Fsp3) is 0.158. The second-order valence-corrected chi connectivity index (χ2v) is 7.43. The Hall–Kier alpha value is -3.20. The number of carbonyl (C=O) groups excluding carboxylic acids is 2. The third-order valence-corrected chi connectivity index (χ3v) is 4.87. The van der Waals surface area contributed by atoms with Crippen molar-refractivity contribution in [2.75, 3.05) is 10.6 Å². The van der Waals surface area contributed by atoms with Crippen LogP contribution in [0.4, 0.5) is 16.2 Å². The zero-order chi connectivity index (χ0) is 19.7. The average Bonchev–Trinajstić information content (AvgIpc) is 3.40. The number of nitrogens with zero attached hydrogens (tertiary/aromatic N) is 3. The van der Waals surface area contributed by atoms with Gasteiger partial charge in [0.05, 0.1) is 11.4 Å². The van der Waals surface area contributed by atoms with Gasteiger partial charge in [-0.1, -0.05) is 27.2 Å². The van der Waals surface area contributed by atoms with Gasteiger partial charge in [-0.15, -0.1) is 5.10 Å². The van der Waals surface area contributed by atoms with Crippen LogP contribution in [0.15, 0.2) is 53.0 Å². The largest absolute Gasteiger partial charge is 0.351 e. The van der Waals surface area contributed by atoms with Gasteiger partial charge in [-0.3, -0.25) is 4.79 Å². The summed E-state index contributed by atoms with van der Waals surface area (Å²) in [6.45, 7) is 0. The smallest absolute Gasteiger partial charge is 0.316 e. The Bertz CT molecular complexity index is 1040. The predicted molar refractivity (Wildman–Crippen MR) is 109 cm³/mol. The van der Waals surface area contributed by atoms with E-state index >= 15 is 0 Å². The summed E-state index contributed by atoms with van der Waals surface area (Å²) in [5.74, 6) is -0.0799. The maximum atomic E-state index is 12.9. The highest BCUT2D eigenvalue weighted by Gasteiger charge is 2.34. The maximum absolute atomic E-state index is 12.9. The van der Waals surface area contributed by atoms with Gasteiger partial charge in [0, 0.05) is 21.8 Å². The van der Waals surface area contributed by atoms with E-state index in [2.05, 4.69) is 36.9 Å². The molecule has 1 aliphatic rings. The van der Waals surface area contributed by atoms with Crippen molar-refractivity contribution in [3.8, 4) is 5.69 Å². The van der Waals surface area contributed by atoms with Crippen molar-refractivity contribution in [1.82, 2.24) is 15.0 Å².